The molecule has 5 heteroatoms. The predicted molar refractivity (Wildman–Crippen MR) is 103 cm³/mol. The molecule has 5 nitrogen and oxygen atoms in total. The molecule has 0 fully saturated rings. The van der Waals surface area contributed by atoms with Gasteiger partial charge in [0.2, 0.25) is 5.55 Å². The van der Waals surface area contributed by atoms with Crippen LogP contribution in [0.5, 0.6) is 11.5 Å². The summed E-state index contributed by atoms with van der Waals surface area (Å²) >= 11 is 0. The predicted octanol–water partition coefficient (Wildman–Crippen LogP) is 4.62. The van der Waals surface area contributed by atoms with Gasteiger partial charge in [0.05, 0.1) is 14.2 Å². The van der Waals surface area contributed by atoms with Gasteiger partial charge in [0.25, 0.3) is 0 Å². The molecule has 0 saturated carbocycles. The lowest BCUT2D eigenvalue weighted by molar-refractivity contribution is 0.355. The molecule has 1 N–H and O–H groups in total. The van der Waals surface area contributed by atoms with Crippen LogP contribution in [0.25, 0.3) is 32.9 Å². The largest absolute Gasteiger partial charge is 0.493 e. The van der Waals surface area contributed by atoms with Crippen molar-refractivity contribution < 1.29 is 13.9 Å². The van der Waals surface area contributed by atoms with Gasteiger partial charge in [0.1, 0.15) is 17.2 Å². The SMILES string of the molecule is COc1ccc(-c2c(C#N)c(=N)oc3c2ccc2ccccc23)cc1OC. The molecule has 0 bridgehead atoms. The molecule has 0 aliphatic carbocycles. The molecule has 0 unspecified atom stereocenters. The van der Waals surface area contributed by atoms with Crippen LogP contribution in [0, 0.1) is 16.7 Å². The minimum Gasteiger partial charge on any atom is -0.493 e. The van der Waals surface area contributed by atoms with Crippen molar-refractivity contribution >= 4 is 21.7 Å². The fraction of sp³-hybridized carbons (Fsp3) is 0.0909. The van der Waals surface area contributed by atoms with E-state index in [0.717, 1.165) is 21.7 Å². The fourth-order valence-electron chi connectivity index (χ4n) is 3.35. The van der Waals surface area contributed by atoms with Crippen molar-refractivity contribution in [3.05, 3.63) is 65.7 Å². The maximum atomic E-state index is 9.67. The van der Waals surface area contributed by atoms with Gasteiger partial charge >= 0.3 is 0 Å². The molecule has 3 aromatic carbocycles. The zero-order valence-corrected chi connectivity index (χ0v) is 14.9. The van der Waals surface area contributed by atoms with E-state index in [4.69, 9.17) is 19.3 Å². The molecule has 132 valence electrons. The minimum absolute atomic E-state index is 0.161. The zero-order valence-electron chi connectivity index (χ0n) is 14.9. The van der Waals surface area contributed by atoms with Crippen LogP contribution in [-0.2, 0) is 0 Å². The van der Waals surface area contributed by atoms with Crippen molar-refractivity contribution in [2.75, 3.05) is 14.2 Å². The standard InChI is InChI=1S/C22H16N2O3/c1-25-18-10-8-14(11-19(18)26-2)20-16-9-7-13-5-3-4-6-15(13)21(16)27-22(24)17(20)12-23/h3-11,24H,1-2H3. The average molecular weight is 356 g/mol. The Balaban J connectivity index is 2.15. The monoisotopic (exact) mass is 356 g/mol. The van der Waals surface area contributed by atoms with Gasteiger partial charge in [-0.15, -0.1) is 0 Å². The topological polar surface area (TPSA) is 79.2 Å². The van der Waals surface area contributed by atoms with E-state index in [1.165, 1.54) is 0 Å². The van der Waals surface area contributed by atoms with Gasteiger partial charge in [0.15, 0.2) is 11.5 Å². The molecule has 0 amide bonds. The molecule has 0 aliphatic heterocycles. The number of fused-ring (bicyclic) bond motifs is 3. The normalized spacial score (nSPS) is 10.7. The van der Waals surface area contributed by atoms with Crippen molar-refractivity contribution in [2.45, 2.75) is 0 Å². The molecule has 0 spiro atoms. The average Bonchev–Trinajstić information content (AvgIpc) is 2.72. The van der Waals surface area contributed by atoms with Crippen LogP contribution in [0.1, 0.15) is 5.56 Å². The maximum absolute atomic E-state index is 9.67. The summed E-state index contributed by atoms with van der Waals surface area (Å²) in [5, 5.41) is 20.6. The summed E-state index contributed by atoms with van der Waals surface area (Å²) in [5.74, 6) is 1.15. The maximum Gasteiger partial charge on any atom is 0.230 e. The van der Waals surface area contributed by atoms with E-state index >= 15 is 0 Å². The van der Waals surface area contributed by atoms with E-state index in [1.807, 2.05) is 48.5 Å². The molecule has 4 rings (SSSR count). The van der Waals surface area contributed by atoms with E-state index in [0.29, 0.717) is 22.6 Å². The molecule has 1 aromatic heterocycles. The Kier molecular flexibility index (Phi) is 4.02. The summed E-state index contributed by atoms with van der Waals surface area (Å²) in [6.45, 7) is 0. The number of hydrogen-bond acceptors (Lipinski definition) is 5. The van der Waals surface area contributed by atoms with Crippen LogP contribution in [-0.4, -0.2) is 14.2 Å². The second-order valence-electron chi connectivity index (χ2n) is 6.03. The number of nitrogens with zero attached hydrogens (tertiary/aromatic N) is 1. The molecular formula is C22H16N2O3. The number of benzene rings is 3. The number of rotatable bonds is 3. The van der Waals surface area contributed by atoms with Crippen molar-refractivity contribution in [1.29, 1.82) is 10.7 Å². The summed E-state index contributed by atoms with van der Waals surface area (Å²) in [4.78, 5) is 0. The summed E-state index contributed by atoms with van der Waals surface area (Å²) < 4.78 is 16.5. The van der Waals surface area contributed by atoms with E-state index < -0.39 is 0 Å². The lowest BCUT2D eigenvalue weighted by atomic mass is 9.95. The van der Waals surface area contributed by atoms with Crippen molar-refractivity contribution in [2.24, 2.45) is 0 Å². The first-order valence-electron chi connectivity index (χ1n) is 8.33. The van der Waals surface area contributed by atoms with Crippen molar-refractivity contribution in [3.63, 3.8) is 0 Å². The van der Waals surface area contributed by atoms with Gasteiger partial charge in [0, 0.05) is 16.3 Å². The third-order valence-corrected chi connectivity index (χ3v) is 4.61. The van der Waals surface area contributed by atoms with Crippen LogP contribution in [0.2, 0.25) is 0 Å². The molecular weight excluding hydrogens is 340 g/mol. The zero-order chi connectivity index (χ0) is 19.0. The Hall–Kier alpha value is -3.78. The Morgan fingerprint density at radius 2 is 1.70 bits per heavy atom. The third-order valence-electron chi connectivity index (χ3n) is 4.61. The number of nitriles is 1. The molecule has 4 aromatic rings. The smallest absolute Gasteiger partial charge is 0.230 e. The van der Waals surface area contributed by atoms with Gasteiger partial charge in [-0.3, -0.25) is 5.41 Å². The van der Waals surface area contributed by atoms with Crippen LogP contribution >= 0.6 is 0 Å². The molecule has 1 heterocycles. The summed E-state index contributed by atoms with van der Waals surface area (Å²) in [5.41, 5.74) is 2.02. The summed E-state index contributed by atoms with van der Waals surface area (Å²) in [6, 6.07) is 19.3. The second-order valence-corrected chi connectivity index (χ2v) is 6.03. The first-order chi connectivity index (χ1) is 13.2. The lowest BCUT2D eigenvalue weighted by Crippen LogP contribution is -2.07. The lowest BCUT2D eigenvalue weighted by Gasteiger charge is -2.13. The van der Waals surface area contributed by atoms with Crippen LogP contribution in [0.15, 0.2) is 59.0 Å². The van der Waals surface area contributed by atoms with E-state index in [1.54, 1.807) is 20.3 Å². The first kappa shape index (κ1) is 16.7. The Bertz CT molecular complexity index is 1280. The second kappa shape index (κ2) is 6.50. The number of ether oxygens (including phenoxy) is 2. The van der Waals surface area contributed by atoms with Gasteiger partial charge in [-0.05, 0) is 29.1 Å². The quantitative estimate of drug-likeness (QED) is 0.543. The first-order valence-corrected chi connectivity index (χ1v) is 8.33. The molecule has 0 atom stereocenters. The van der Waals surface area contributed by atoms with Crippen LogP contribution in [0.4, 0.5) is 0 Å². The Labute approximate surface area is 155 Å². The molecule has 0 radical (unpaired) electrons. The third kappa shape index (κ3) is 2.59. The van der Waals surface area contributed by atoms with Gasteiger partial charge < -0.3 is 13.9 Å². The van der Waals surface area contributed by atoms with Gasteiger partial charge in [-0.25, -0.2) is 0 Å². The van der Waals surface area contributed by atoms with Crippen molar-refractivity contribution in [1.82, 2.24) is 0 Å². The summed E-state index contributed by atoms with van der Waals surface area (Å²) in [6.07, 6.45) is 0. The highest BCUT2D eigenvalue weighted by Crippen LogP contribution is 2.38. The Morgan fingerprint density at radius 3 is 2.44 bits per heavy atom. The molecule has 27 heavy (non-hydrogen) atoms. The minimum atomic E-state index is -0.161. The number of methoxy groups -OCH3 is 2. The summed E-state index contributed by atoms with van der Waals surface area (Å²) in [7, 11) is 3.14. The van der Waals surface area contributed by atoms with Gasteiger partial charge in [-0.1, -0.05) is 36.4 Å². The van der Waals surface area contributed by atoms with E-state index in [2.05, 4.69) is 6.07 Å². The van der Waals surface area contributed by atoms with Crippen LogP contribution < -0.4 is 15.0 Å². The highest BCUT2D eigenvalue weighted by Gasteiger charge is 2.18. The highest BCUT2D eigenvalue weighted by atomic mass is 16.5. The van der Waals surface area contributed by atoms with Gasteiger partial charge in [-0.2, -0.15) is 5.26 Å². The Morgan fingerprint density at radius 1 is 0.926 bits per heavy atom. The van der Waals surface area contributed by atoms with Crippen LogP contribution in [0.3, 0.4) is 0 Å². The fourth-order valence-corrected chi connectivity index (χ4v) is 3.35. The number of hydrogen-bond donors (Lipinski definition) is 1. The van der Waals surface area contributed by atoms with E-state index in [9.17, 15) is 5.26 Å². The van der Waals surface area contributed by atoms with Crippen molar-refractivity contribution in [3.8, 4) is 28.7 Å². The number of nitrogens with one attached hydrogen (secondary N) is 1. The molecule has 0 saturated heterocycles. The highest BCUT2D eigenvalue weighted by molar-refractivity contribution is 6.09. The molecule has 0 aliphatic rings. The van der Waals surface area contributed by atoms with E-state index in [-0.39, 0.29) is 11.1 Å².